The molecular formula is C25H24N4O3. The Hall–Kier alpha value is -4.00. The minimum Gasteiger partial charge on any atom is -0.486 e. The van der Waals surface area contributed by atoms with Crippen LogP contribution < -0.4 is 20.1 Å². The summed E-state index contributed by atoms with van der Waals surface area (Å²) in [5.41, 5.74) is 4.90. The van der Waals surface area contributed by atoms with Crippen molar-refractivity contribution in [1.82, 2.24) is 20.6 Å². The van der Waals surface area contributed by atoms with Gasteiger partial charge in [-0.05, 0) is 47.4 Å². The van der Waals surface area contributed by atoms with Crippen LogP contribution in [0.4, 0.5) is 4.79 Å². The predicted octanol–water partition coefficient (Wildman–Crippen LogP) is 3.97. The van der Waals surface area contributed by atoms with E-state index in [1.165, 1.54) is 0 Å². The largest absolute Gasteiger partial charge is 0.486 e. The molecule has 0 aliphatic carbocycles. The van der Waals surface area contributed by atoms with Crippen LogP contribution in [0.3, 0.4) is 0 Å². The minimum absolute atomic E-state index is 0.221. The SMILES string of the molecule is O=C(NCCc1ccc2c(c1)OCCO2)N[C@@H](c1ccccc1)c1ccc2nc[nH]c2c1. The number of aromatic nitrogens is 2. The standard InChI is InChI=1S/C25H24N4O3/c30-25(26-11-10-17-6-9-22-23(14-17)32-13-12-31-22)29-24(18-4-2-1-3-5-18)19-7-8-20-21(15-19)28-16-27-20/h1-9,14-16,24H,10-13H2,(H,27,28)(H2,26,29,30)/t24-/m0/s1. The van der Waals surface area contributed by atoms with Crippen molar-refractivity contribution in [3.8, 4) is 11.5 Å². The third-order valence-electron chi connectivity index (χ3n) is 5.49. The van der Waals surface area contributed by atoms with E-state index in [9.17, 15) is 4.79 Å². The van der Waals surface area contributed by atoms with Crippen LogP contribution >= 0.6 is 0 Å². The van der Waals surface area contributed by atoms with E-state index in [0.717, 1.165) is 39.2 Å². The van der Waals surface area contributed by atoms with Gasteiger partial charge in [0, 0.05) is 6.54 Å². The quantitative estimate of drug-likeness (QED) is 0.434. The average molecular weight is 428 g/mol. The van der Waals surface area contributed by atoms with Crippen molar-refractivity contribution in [3.05, 3.63) is 89.7 Å². The molecule has 2 amide bonds. The molecule has 0 saturated carbocycles. The van der Waals surface area contributed by atoms with Crippen molar-refractivity contribution in [3.63, 3.8) is 0 Å². The van der Waals surface area contributed by atoms with Crippen molar-refractivity contribution in [2.75, 3.05) is 19.8 Å². The number of hydrogen-bond donors (Lipinski definition) is 3. The highest BCUT2D eigenvalue weighted by Gasteiger charge is 2.18. The molecule has 1 aliphatic heterocycles. The highest BCUT2D eigenvalue weighted by molar-refractivity contribution is 5.77. The topological polar surface area (TPSA) is 88.3 Å². The zero-order valence-corrected chi connectivity index (χ0v) is 17.5. The van der Waals surface area contributed by atoms with E-state index < -0.39 is 0 Å². The van der Waals surface area contributed by atoms with Gasteiger partial charge in [-0.25, -0.2) is 9.78 Å². The van der Waals surface area contributed by atoms with E-state index in [2.05, 4.69) is 20.6 Å². The molecule has 2 heterocycles. The lowest BCUT2D eigenvalue weighted by Crippen LogP contribution is -2.39. The molecule has 0 unspecified atom stereocenters. The first-order chi connectivity index (χ1) is 15.8. The van der Waals surface area contributed by atoms with E-state index in [4.69, 9.17) is 9.47 Å². The summed E-state index contributed by atoms with van der Waals surface area (Å²) >= 11 is 0. The van der Waals surface area contributed by atoms with Gasteiger partial charge in [0.2, 0.25) is 0 Å². The van der Waals surface area contributed by atoms with Gasteiger partial charge in [0.15, 0.2) is 11.5 Å². The van der Waals surface area contributed by atoms with Crippen molar-refractivity contribution >= 4 is 17.1 Å². The van der Waals surface area contributed by atoms with Gasteiger partial charge in [-0.15, -0.1) is 0 Å². The first-order valence-corrected chi connectivity index (χ1v) is 10.7. The van der Waals surface area contributed by atoms with Crippen LogP contribution in [0.25, 0.3) is 11.0 Å². The number of aromatic amines is 1. The van der Waals surface area contributed by atoms with Crippen molar-refractivity contribution in [2.45, 2.75) is 12.5 Å². The zero-order valence-electron chi connectivity index (χ0n) is 17.5. The van der Waals surface area contributed by atoms with Crippen LogP contribution in [0.2, 0.25) is 0 Å². The smallest absolute Gasteiger partial charge is 0.315 e. The van der Waals surface area contributed by atoms with Crippen molar-refractivity contribution < 1.29 is 14.3 Å². The molecule has 7 heteroatoms. The number of amides is 2. The highest BCUT2D eigenvalue weighted by Crippen LogP contribution is 2.30. The fraction of sp³-hybridized carbons (Fsp3) is 0.200. The molecule has 3 aromatic carbocycles. The maximum absolute atomic E-state index is 12.7. The molecule has 1 aromatic heterocycles. The summed E-state index contributed by atoms with van der Waals surface area (Å²) in [6.45, 7) is 1.64. The molecule has 0 fully saturated rings. The summed E-state index contributed by atoms with van der Waals surface area (Å²) in [5.74, 6) is 1.53. The predicted molar refractivity (Wildman–Crippen MR) is 122 cm³/mol. The molecule has 3 N–H and O–H groups in total. The lowest BCUT2D eigenvalue weighted by molar-refractivity contribution is 0.171. The Morgan fingerprint density at radius 2 is 1.81 bits per heavy atom. The lowest BCUT2D eigenvalue weighted by atomic mass is 9.98. The van der Waals surface area contributed by atoms with E-state index >= 15 is 0 Å². The van der Waals surface area contributed by atoms with E-state index in [0.29, 0.717) is 26.2 Å². The van der Waals surface area contributed by atoms with Crippen molar-refractivity contribution in [1.29, 1.82) is 0 Å². The van der Waals surface area contributed by atoms with Gasteiger partial charge in [0.05, 0.1) is 23.4 Å². The first kappa shape index (κ1) is 19.9. The van der Waals surface area contributed by atoms with Gasteiger partial charge in [0.25, 0.3) is 0 Å². The van der Waals surface area contributed by atoms with Gasteiger partial charge in [-0.1, -0.05) is 42.5 Å². The van der Waals surface area contributed by atoms with Gasteiger partial charge < -0.3 is 25.1 Å². The monoisotopic (exact) mass is 428 g/mol. The second-order valence-corrected chi connectivity index (χ2v) is 7.65. The summed E-state index contributed by atoms with van der Waals surface area (Å²) in [4.78, 5) is 20.2. The molecule has 5 rings (SSSR count). The number of hydrogen-bond acceptors (Lipinski definition) is 4. The number of benzene rings is 3. The molecular weight excluding hydrogens is 404 g/mol. The zero-order chi connectivity index (χ0) is 21.8. The van der Waals surface area contributed by atoms with Crippen molar-refractivity contribution in [2.24, 2.45) is 0 Å². The van der Waals surface area contributed by atoms with E-state index in [1.54, 1.807) is 6.33 Å². The molecule has 32 heavy (non-hydrogen) atoms. The number of rotatable bonds is 6. The summed E-state index contributed by atoms with van der Waals surface area (Å²) < 4.78 is 11.2. The van der Waals surface area contributed by atoms with Crippen LogP contribution in [0.15, 0.2) is 73.1 Å². The molecule has 0 spiro atoms. The Kier molecular flexibility index (Phi) is 5.61. The summed E-state index contributed by atoms with van der Waals surface area (Å²) in [7, 11) is 0. The second-order valence-electron chi connectivity index (χ2n) is 7.65. The fourth-order valence-electron chi connectivity index (χ4n) is 3.88. The summed E-state index contributed by atoms with van der Waals surface area (Å²) in [6, 6.07) is 21.3. The van der Waals surface area contributed by atoms with Crippen LogP contribution in [0.1, 0.15) is 22.7 Å². The molecule has 162 valence electrons. The maximum atomic E-state index is 12.7. The lowest BCUT2D eigenvalue weighted by Gasteiger charge is -2.21. The van der Waals surface area contributed by atoms with Crippen LogP contribution in [0, 0.1) is 0 Å². The summed E-state index contributed by atoms with van der Waals surface area (Å²) in [5, 5.41) is 6.08. The Labute approximate surface area is 185 Å². The number of carbonyl (C=O) groups excluding carboxylic acids is 1. The molecule has 0 bridgehead atoms. The Balaban J connectivity index is 1.25. The fourth-order valence-corrected chi connectivity index (χ4v) is 3.88. The van der Waals surface area contributed by atoms with Gasteiger partial charge >= 0.3 is 6.03 Å². The maximum Gasteiger partial charge on any atom is 0.315 e. The third kappa shape index (κ3) is 4.37. The number of ether oxygens (including phenoxy) is 2. The number of nitrogens with one attached hydrogen (secondary N) is 3. The van der Waals surface area contributed by atoms with Gasteiger partial charge in [-0.3, -0.25) is 0 Å². The number of carbonyl (C=O) groups is 1. The number of imidazole rings is 1. The molecule has 7 nitrogen and oxygen atoms in total. The minimum atomic E-state index is -0.279. The van der Waals surface area contributed by atoms with Crippen LogP contribution in [-0.2, 0) is 6.42 Å². The first-order valence-electron chi connectivity index (χ1n) is 10.7. The normalized spacial score (nSPS) is 13.5. The highest BCUT2D eigenvalue weighted by atomic mass is 16.6. The Bertz CT molecular complexity index is 1220. The number of nitrogens with zero attached hydrogens (tertiary/aromatic N) is 1. The number of urea groups is 1. The Morgan fingerprint density at radius 1 is 0.969 bits per heavy atom. The summed E-state index contributed by atoms with van der Waals surface area (Å²) in [6.07, 6.45) is 2.37. The number of fused-ring (bicyclic) bond motifs is 2. The van der Waals surface area contributed by atoms with Gasteiger partial charge in [0.1, 0.15) is 13.2 Å². The van der Waals surface area contributed by atoms with E-state index in [1.807, 2.05) is 66.7 Å². The molecule has 0 radical (unpaired) electrons. The molecule has 4 aromatic rings. The van der Waals surface area contributed by atoms with Gasteiger partial charge in [-0.2, -0.15) is 0 Å². The average Bonchev–Trinajstić information content (AvgIpc) is 3.31. The van der Waals surface area contributed by atoms with Crippen LogP contribution in [-0.4, -0.2) is 35.8 Å². The van der Waals surface area contributed by atoms with Crippen LogP contribution in [0.5, 0.6) is 11.5 Å². The molecule has 1 aliphatic rings. The molecule has 0 saturated heterocycles. The second kappa shape index (κ2) is 9.01. The number of H-pyrrole nitrogens is 1. The molecule has 1 atom stereocenters. The van der Waals surface area contributed by atoms with E-state index in [-0.39, 0.29) is 12.1 Å². The third-order valence-corrected chi connectivity index (χ3v) is 5.49. The Morgan fingerprint density at radius 3 is 2.69 bits per heavy atom.